The number of aliphatic hydroxyl groups is 3. The van der Waals surface area contributed by atoms with Gasteiger partial charge in [-0.25, -0.2) is 0 Å². The van der Waals surface area contributed by atoms with Gasteiger partial charge in [0.25, 0.3) is 0 Å². The molecule has 0 aliphatic rings. The normalized spacial score (nSPS) is 12.5. The molecule has 0 amide bonds. The monoisotopic (exact) mass is 197 g/mol. The van der Waals surface area contributed by atoms with Crippen LogP contribution in [-0.4, -0.2) is 34.6 Å². The van der Waals surface area contributed by atoms with Crippen molar-refractivity contribution in [3.8, 4) is 0 Å². The van der Waals surface area contributed by atoms with Crippen LogP contribution in [0, 0.1) is 0 Å². The fraction of sp³-hybridized carbons (Fsp3) is 0.400. The van der Waals surface area contributed by atoms with Gasteiger partial charge in [0, 0.05) is 12.2 Å². The van der Waals surface area contributed by atoms with E-state index in [2.05, 4.69) is 5.32 Å². The van der Waals surface area contributed by atoms with Gasteiger partial charge < -0.3 is 20.6 Å². The maximum Gasteiger partial charge on any atom is 0.0942 e. The van der Waals surface area contributed by atoms with E-state index in [0.717, 1.165) is 11.3 Å². The van der Waals surface area contributed by atoms with Crippen molar-refractivity contribution in [2.24, 2.45) is 0 Å². The highest BCUT2D eigenvalue weighted by molar-refractivity contribution is 5.45. The van der Waals surface area contributed by atoms with Crippen molar-refractivity contribution in [2.45, 2.75) is 12.7 Å². The topological polar surface area (TPSA) is 72.7 Å². The lowest BCUT2D eigenvalue weighted by Gasteiger charge is -2.10. The number of hydrogen-bond acceptors (Lipinski definition) is 4. The molecule has 0 aliphatic carbocycles. The average molecular weight is 197 g/mol. The summed E-state index contributed by atoms with van der Waals surface area (Å²) in [4.78, 5) is 0. The Bertz CT molecular complexity index is 278. The Morgan fingerprint density at radius 1 is 1.29 bits per heavy atom. The molecular weight excluding hydrogens is 182 g/mol. The second-order valence-corrected chi connectivity index (χ2v) is 3.08. The zero-order chi connectivity index (χ0) is 10.4. The lowest BCUT2D eigenvalue weighted by Crippen LogP contribution is -2.22. The van der Waals surface area contributed by atoms with Crippen LogP contribution in [0.3, 0.4) is 0 Å². The smallest absolute Gasteiger partial charge is 0.0942 e. The summed E-state index contributed by atoms with van der Waals surface area (Å²) in [6, 6.07) is 7.26. The first-order valence-corrected chi connectivity index (χ1v) is 4.49. The lowest BCUT2D eigenvalue weighted by atomic mass is 10.2. The molecule has 4 N–H and O–H groups in total. The summed E-state index contributed by atoms with van der Waals surface area (Å²) in [6.45, 7) is 0.0378. The molecule has 78 valence electrons. The van der Waals surface area contributed by atoms with Crippen LogP contribution in [0.15, 0.2) is 24.3 Å². The minimum atomic E-state index is -0.757. The predicted octanol–water partition coefficient (Wildman–Crippen LogP) is -0.0560. The molecule has 1 rings (SSSR count). The van der Waals surface area contributed by atoms with Crippen molar-refractivity contribution in [2.75, 3.05) is 18.5 Å². The predicted molar refractivity (Wildman–Crippen MR) is 53.9 cm³/mol. The van der Waals surface area contributed by atoms with Gasteiger partial charge in [-0.3, -0.25) is 0 Å². The van der Waals surface area contributed by atoms with Gasteiger partial charge in [-0.2, -0.15) is 0 Å². The Hall–Kier alpha value is -1.10. The molecular formula is C10H15NO3. The highest BCUT2D eigenvalue weighted by Crippen LogP contribution is 2.10. The van der Waals surface area contributed by atoms with Crippen molar-refractivity contribution >= 4 is 5.69 Å². The van der Waals surface area contributed by atoms with Crippen LogP contribution in [0.2, 0.25) is 0 Å². The number of nitrogens with one attached hydrogen (secondary N) is 1. The Labute approximate surface area is 82.8 Å². The van der Waals surface area contributed by atoms with Crippen LogP contribution in [0.1, 0.15) is 5.56 Å². The van der Waals surface area contributed by atoms with E-state index in [9.17, 15) is 0 Å². The van der Waals surface area contributed by atoms with Gasteiger partial charge in [-0.15, -0.1) is 0 Å². The van der Waals surface area contributed by atoms with E-state index in [4.69, 9.17) is 15.3 Å². The van der Waals surface area contributed by atoms with Gasteiger partial charge >= 0.3 is 0 Å². The Morgan fingerprint density at radius 3 is 2.71 bits per heavy atom. The Kier molecular flexibility index (Phi) is 4.39. The summed E-state index contributed by atoms with van der Waals surface area (Å²) in [6.07, 6.45) is -0.757. The van der Waals surface area contributed by atoms with Crippen LogP contribution in [0.5, 0.6) is 0 Å². The van der Waals surface area contributed by atoms with Crippen molar-refractivity contribution < 1.29 is 15.3 Å². The third kappa shape index (κ3) is 3.33. The zero-order valence-corrected chi connectivity index (χ0v) is 7.85. The number of rotatable bonds is 5. The molecule has 0 heterocycles. The van der Waals surface area contributed by atoms with E-state index in [1.54, 1.807) is 6.07 Å². The number of benzene rings is 1. The molecule has 0 aromatic heterocycles. The van der Waals surface area contributed by atoms with E-state index in [-0.39, 0.29) is 13.2 Å². The minimum absolute atomic E-state index is 0.00191. The van der Waals surface area contributed by atoms with E-state index in [0.29, 0.717) is 6.54 Å². The molecule has 0 fully saturated rings. The average Bonchev–Trinajstić information content (AvgIpc) is 2.26. The second-order valence-electron chi connectivity index (χ2n) is 3.08. The minimum Gasteiger partial charge on any atom is -0.394 e. The summed E-state index contributed by atoms with van der Waals surface area (Å²) in [5.74, 6) is 0. The van der Waals surface area contributed by atoms with Crippen molar-refractivity contribution in [3.63, 3.8) is 0 Å². The van der Waals surface area contributed by atoms with Gasteiger partial charge in [-0.1, -0.05) is 12.1 Å². The molecule has 4 heteroatoms. The van der Waals surface area contributed by atoms with E-state index < -0.39 is 6.10 Å². The second kappa shape index (κ2) is 5.59. The molecule has 1 aromatic rings. The van der Waals surface area contributed by atoms with E-state index in [1.165, 1.54) is 0 Å². The van der Waals surface area contributed by atoms with Gasteiger partial charge in [0.15, 0.2) is 0 Å². The zero-order valence-electron chi connectivity index (χ0n) is 7.85. The lowest BCUT2D eigenvalue weighted by molar-refractivity contribution is 0.105. The third-order valence-electron chi connectivity index (χ3n) is 1.86. The highest BCUT2D eigenvalue weighted by atomic mass is 16.3. The molecule has 1 aromatic carbocycles. The van der Waals surface area contributed by atoms with Gasteiger partial charge in [0.1, 0.15) is 0 Å². The van der Waals surface area contributed by atoms with Crippen LogP contribution in [0.25, 0.3) is 0 Å². The van der Waals surface area contributed by atoms with Gasteiger partial charge in [-0.05, 0) is 17.7 Å². The fourth-order valence-corrected chi connectivity index (χ4v) is 1.08. The van der Waals surface area contributed by atoms with Crippen molar-refractivity contribution in [3.05, 3.63) is 29.8 Å². The molecule has 0 spiro atoms. The molecule has 4 nitrogen and oxygen atoms in total. The van der Waals surface area contributed by atoms with Crippen LogP contribution in [0.4, 0.5) is 5.69 Å². The first kappa shape index (κ1) is 11.0. The largest absolute Gasteiger partial charge is 0.394 e. The SMILES string of the molecule is OCc1cccc(NCC(O)CO)c1. The standard InChI is InChI=1S/C10H15NO3/c12-6-8-2-1-3-9(4-8)11-5-10(14)7-13/h1-4,10-14H,5-7H2. The molecule has 0 radical (unpaired) electrons. The number of anilines is 1. The van der Waals surface area contributed by atoms with Crippen molar-refractivity contribution in [1.29, 1.82) is 0 Å². The molecule has 0 aliphatic heterocycles. The highest BCUT2D eigenvalue weighted by Gasteiger charge is 2.01. The van der Waals surface area contributed by atoms with Crippen LogP contribution < -0.4 is 5.32 Å². The van der Waals surface area contributed by atoms with E-state index in [1.807, 2.05) is 18.2 Å². The Morgan fingerprint density at radius 2 is 2.07 bits per heavy atom. The molecule has 0 bridgehead atoms. The van der Waals surface area contributed by atoms with Crippen LogP contribution in [-0.2, 0) is 6.61 Å². The summed E-state index contributed by atoms with van der Waals surface area (Å²) in [7, 11) is 0. The van der Waals surface area contributed by atoms with Crippen LogP contribution >= 0.6 is 0 Å². The number of aliphatic hydroxyl groups excluding tert-OH is 3. The maximum atomic E-state index is 9.08. The Balaban J connectivity index is 2.50. The van der Waals surface area contributed by atoms with Gasteiger partial charge in [0.2, 0.25) is 0 Å². The third-order valence-corrected chi connectivity index (χ3v) is 1.86. The maximum absolute atomic E-state index is 9.08. The summed E-state index contributed by atoms with van der Waals surface area (Å²) in [5, 5.41) is 29.5. The number of hydrogen-bond donors (Lipinski definition) is 4. The summed E-state index contributed by atoms with van der Waals surface area (Å²) in [5.41, 5.74) is 1.64. The van der Waals surface area contributed by atoms with Gasteiger partial charge in [0.05, 0.1) is 19.3 Å². The molecule has 1 atom stereocenters. The summed E-state index contributed by atoms with van der Waals surface area (Å²) < 4.78 is 0. The fourth-order valence-electron chi connectivity index (χ4n) is 1.08. The molecule has 0 saturated heterocycles. The first-order chi connectivity index (χ1) is 6.76. The first-order valence-electron chi connectivity index (χ1n) is 4.49. The van der Waals surface area contributed by atoms with Crippen molar-refractivity contribution in [1.82, 2.24) is 0 Å². The quantitative estimate of drug-likeness (QED) is 0.534. The molecule has 0 saturated carbocycles. The van der Waals surface area contributed by atoms with E-state index >= 15 is 0 Å². The molecule has 14 heavy (non-hydrogen) atoms. The molecule has 1 unspecified atom stereocenters. The summed E-state index contributed by atoms with van der Waals surface area (Å²) >= 11 is 0.